The number of hydrogen-bond acceptors (Lipinski definition) is 8. The number of carbonyl (C=O) groups excluding carboxylic acids is 2. The lowest BCUT2D eigenvalue weighted by Crippen LogP contribution is -2.25. The van der Waals surface area contributed by atoms with Crippen molar-refractivity contribution in [3.63, 3.8) is 0 Å². The zero-order chi connectivity index (χ0) is 20.5. The van der Waals surface area contributed by atoms with Crippen molar-refractivity contribution in [1.82, 2.24) is 9.97 Å². The van der Waals surface area contributed by atoms with E-state index in [1.54, 1.807) is 19.1 Å². The van der Waals surface area contributed by atoms with E-state index in [9.17, 15) is 9.59 Å². The summed E-state index contributed by atoms with van der Waals surface area (Å²) < 4.78 is 10.4. The maximum atomic E-state index is 12.7. The first kappa shape index (κ1) is 21.5. The van der Waals surface area contributed by atoms with E-state index in [1.807, 2.05) is 26.0 Å². The summed E-state index contributed by atoms with van der Waals surface area (Å²) in [5, 5.41) is 2.75. The highest BCUT2D eigenvalue weighted by atomic mass is 32.2. The number of hydrogen-bond donors (Lipinski definition) is 2. The van der Waals surface area contributed by atoms with Crippen LogP contribution in [0.25, 0.3) is 0 Å². The lowest BCUT2D eigenvalue weighted by atomic mass is 10.2. The molecule has 2 aromatic rings. The van der Waals surface area contributed by atoms with Gasteiger partial charge in [-0.1, -0.05) is 30.8 Å². The van der Waals surface area contributed by atoms with Gasteiger partial charge in [0.25, 0.3) is 0 Å². The molecule has 0 aliphatic rings. The van der Waals surface area contributed by atoms with Gasteiger partial charge >= 0.3 is 5.97 Å². The van der Waals surface area contributed by atoms with Crippen LogP contribution in [-0.4, -0.2) is 40.3 Å². The predicted molar refractivity (Wildman–Crippen MR) is 109 cm³/mol. The van der Waals surface area contributed by atoms with Crippen LogP contribution in [0.15, 0.2) is 35.6 Å². The van der Waals surface area contributed by atoms with Gasteiger partial charge in [-0.3, -0.25) is 4.79 Å². The second-order valence-corrected chi connectivity index (χ2v) is 6.78. The lowest BCUT2D eigenvalue weighted by Gasteiger charge is -2.16. The van der Waals surface area contributed by atoms with Gasteiger partial charge in [-0.25, -0.2) is 14.8 Å². The molecule has 3 N–H and O–H groups in total. The zero-order valence-corrected chi connectivity index (χ0v) is 16.9. The Hall–Kier alpha value is -2.81. The minimum absolute atomic E-state index is 0.0212. The summed E-state index contributed by atoms with van der Waals surface area (Å²) >= 11 is 1.18. The van der Waals surface area contributed by atoms with Gasteiger partial charge in [-0.15, -0.1) is 0 Å². The summed E-state index contributed by atoms with van der Waals surface area (Å²) in [4.78, 5) is 32.7. The monoisotopic (exact) mass is 404 g/mol. The molecule has 1 aromatic heterocycles. The number of nitrogens with two attached hydrogens (primary N) is 1. The maximum absolute atomic E-state index is 12.7. The molecule has 1 heterocycles. The molecule has 28 heavy (non-hydrogen) atoms. The number of benzene rings is 1. The van der Waals surface area contributed by atoms with Crippen LogP contribution in [0.3, 0.4) is 0 Å². The minimum atomic E-state index is -0.575. The molecule has 1 atom stereocenters. The smallest absolute Gasteiger partial charge is 0.343 e. The number of nitrogen functional groups attached to an aromatic ring is 1. The molecule has 1 aromatic carbocycles. The molecule has 0 bridgehead atoms. The van der Waals surface area contributed by atoms with Crippen LogP contribution < -0.4 is 15.8 Å². The topological polar surface area (TPSA) is 116 Å². The summed E-state index contributed by atoms with van der Waals surface area (Å²) in [7, 11) is 0. The summed E-state index contributed by atoms with van der Waals surface area (Å²) in [6.07, 6.45) is 1.87. The molecule has 0 aliphatic heterocycles. The third-order valence-corrected chi connectivity index (χ3v) is 4.89. The number of rotatable bonds is 9. The van der Waals surface area contributed by atoms with E-state index in [4.69, 9.17) is 15.2 Å². The normalized spacial score (nSPS) is 11.5. The van der Waals surface area contributed by atoms with Gasteiger partial charge in [0.05, 0.1) is 24.2 Å². The first-order valence-electron chi connectivity index (χ1n) is 8.99. The Morgan fingerprint density at radius 1 is 1.21 bits per heavy atom. The molecular formula is C19H24N4O4S. The Labute approximate surface area is 168 Å². The van der Waals surface area contributed by atoms with Crippen molar-refractivity contribution in [2.75, 3.05) is 24.3 Å². The van der Waals surface area contributed by atoms with Gasteiger partial charge in [0, 0.05) is 6.20 Å². The van der Waals surface area contributed by atoms with Gasteiger partial charge in [0.2, 0.25) is 5.91 Å². The van der Waals surface area contributed by atoms with Crippen LogP contribution in [-0.2, 0) is 9.53 Å². The van der Waals surface area contributed by atoms with Crippen molar-refractivity contribution in [2.45, 2.75) is 37.6 Å². The SMILES string of the molecule is CCOC(=O)c1cnc(SC(CC)C(=O)Nc2ccccc2OCC)nc1N. The number of amides is 1. The fraction of sp³-hybridized carbons (Fsp3) is 0.368. The summed E-state index contributed by atoms with van der Waals surface area (Å²) in [5.74, 6) is -0.143. The number of nitrogens with one attached hydrogen (secondary N) is 1. The highest BCUT2D eigenvalue weighted by Gasteiger charge is 2.22. The van der Waals surface area contributed by atoms with E-state index in [1.165, 1.54) is 18.0 Å². The molecule has 0 radical (unpaired) electrons. The van der Waals surface area contributed by atoms with Gasteiger partial charge in [0.1, 0.15) is 17.1 Å². The Morgan fingerprint density at radius 2 is 1.96 bits per heavy atom. The largest absolute Gasteiger partial charge is 0.492 e. The molecule has 8 nitrogen and oxygen atoms in total. The van der Waals surface area contributed by atoms with Gasteiger partial charge < -0.3 is 20.5 Å². The fourth-order valence-corrected chi connectivity index (χ4v) is 3.17. The van der Waals surface area contributed by atoms with E-state index in [0.29, 0.717) is 29.6 Å². The van der Waals surface area contributed by atoms with Crippen LogP contribution in [0, 0.1) is 0 Å². The highest BCUT2D eigenvalue weighted by Crippen LogP contribution is 2.28. The van der Waals surface area contributed by atoms with E-state index >= 15 is 0 Å². The third kappa shape index (κ3) is 5.59. The average Bonchev–Trinajstić information content (AvgIpc) is 2.68. The molecule has 150 valence electrons. The first-order valence-corrected chi connectivity index (χ1v) is 9.87. The molecular weight excluding hydrogens is 380 g/mol. The Morgan fingerprint density at radius 3 is 2.61 bits per heavy atom. The van der Waals surface area contributed by atoms with Crippen LogP contribution in [0.2, 0.25) is 0 Å². The molecule has 0 aliphatic carbocycles. The van der Waals surface area contributed by atoms with Crippen molar-refractivity contribution in [3.8, 4) is 5.75 Å². The number of nitrogens with zero attached hydrogens (tertiary/aromatic N) is 2. The fourth-order valence-electron chi connectivity index (χ4n) is 2.31. The molecule has 0 saturated carbocycles. The molecule has 0 fully saturated rings. The Bertz CT molecular complexity index is 831. The third-order valence-electron chi connectivity index (χ3n) is 3.65. The van der Waals surface area contributed by atoms with Crippen molar-refractivity contribution >= 4 is 35.1 Å². The number of thioether (sulfide) groups is 1. The number of ether oxygens (including phenoxy) is 2. The first-order chi connectivity index (χ1) is 13.5. The van der Waals surface area contributed by atoms with Crippen molar-refractivity contribution < 1.29 is 19.1 Å². The van der Waals surface area contributed by atoms with Crippen molar-refractivity contribution in [3.05, 3.63) is 36.0 Å². The zero-order valence-electron chi connectivity index (χ0n) is 16.1. The summed E-state index contributed by atoms with van der Waals surface area (Å²) in [5.41, 5.74) is 6.55. The number of para-hydroxylation sites is 2. The quantitative estimate of drug-likeness (QED) is 0.372. The second kappa shape index (κ2) is 10.5. The van der Waals surface area contributed by atoms with Crippen molar-refractivity contribution in [1.29, 1.82) is 0 Å². The molecule has 1 unspecified atom stereocenters. The van der Waals surface area contributed by atoms with E-state index in [0.717, 1.165) is 0 Å². The van der Waals surface area contributed by atoms with Gasteiger partial charge in [0.15, 0.2) is 5.16 Å². The van der Waals surface area contributed by atoms with E-state index in [-0.39, 0.29) is 23.9 Å². The number of esters is 1. The predicted octanol–water partition coefficient (Wildman–Crippen LogP) is 3.14. The van der Waals surface area contributed by atoms with Crippen LogP contribution in [0.4, 0.5) is 11.5 Å². The Balaban J connectivity index is 2.10. The summed E-state index contributed by atoms with van der Waals surface area (Å²) in [6, 6.07) is 7.24. The van der Waals surface area contributed by atoms with Gasteiger partial charge in [-0.2, -0.15) is 0 Å². The molecule has 0 saturated heterocycles. The summed E-state index contributed by atoms with van der Waals surface area (Å²) in [6.45, 7) is 6.20. The maximum Gasteiger partial charge on any atom is 0.343 e. The van der Waals surface area contributed by atoms with Crippen molar-refractivity contribution in [2.24, 2.45) is 0 Å². The molecule has 9 heteroatoms. The highest BCUT2D eigenvalue weighted by molar-refractivity contribution is 8.00. The second-order valence-electron chi connectivity index (χ2n) is 5.61. The van der Waals surface area contributed by atoms with Gasteiger partial charge in [-0.05, 0) is 32.4 Å². The molecule has 0 spiro atoms. The molecule has 2 rings (SSSR count). The number of aromatic nitrogens is 2. The average molecular weight is 404 g/mol. The number of anilines is 2. The Kier molecular flexibility index (Phi) is 8.06. The van der Waals surface area contributed by atoms with E-state index in [2.05, 4.69) is 15.3 Å². The lowest BCUT2D eigenvalue weighted by molar-refractivity contribution is -0.115. The molecule has 1 amide bonds. The van der Waals surface area contributed by atoms with Crippen LogP contribution >= 0.6 is 11.8 Å². The standard InChI is InChI=1S/C19H24N4O4S/c1-4-15(17(24)22-13-9-7-8-10-14(13)26-5-2)28-19-21-11-12(16(20)23-19)18(25)27-6-3/h7-11,15H,4-6H2,1-3H3,(H,22,24)(H2,20,21,23). The minimum Gasteiger partial charge on any atom is -0.492 e. The number of carbonyl (C=O) groups is 2. The van der Waals surface area contributed by atoms with Crippen LogP contribution in [0.5, 0.6) is 5.75 Å². The van der Waals surface area contributed by atoms with Crippen LogP contribution in [0.1, 0.15) is 37.6 Å². The van der Waals surface area contributed by atoms with E-state index < -0.39 is 11.2 Å².